The maximum atomic E-state index is 13.3. The van der Waals surface area contributed by atoms with Crippen LogP contribution in [-0.4, -0.2) is 28.7 Å². The molecule has 3 aromatic heterocycles. The molecule has 0 saturated carbocycles. The smallest absolute Gasteiger partial charge is 0.271 e. The largest absolute Gasteiger partial charge is 0.486 e. The summed E-state index contributed by atoms with van der Waals surface area (Å²) in [5.41, 5.74) is 1.13. The van der Waals surface area contributed by atoms with Crippen LogP contribution in [-0.2, 0) is 17.9 Å². The zero-order valence-electron chi connectivity index (χ0n) is 15.8. The predicted molar refractivity (Wildman–Crippen MR) is 117 cm³/mol. The van der Waals surface area contributed by atoms with E-state index in [4.69, 9.17) is 9.47 Å². The van der Waals surface area contributed by atoms with Gasteiger partial charge in [0.2, 0.25) is 5.91 Å². The maximum Gasteiger partial charge on any atom is 0.271 e. The number of rotatable bonds is 5. The first-order valence-corrected chi connectivity index (χ1v) is 11.1. The van der Waals surface area contributed by atoms with Crippen molar-refractivity contribution in [3.05, 3.63) is 68.7 Å². The number of anilines is 1. The van der Waals surface area contributed by atoms with Crippen molar-refractivity contribution in [2.24, 2.45) is 0 Å². The summed E-state index contributed by atoms with van der Waals surface area (Å²) in [5.74, 6) is 1.07. The number of carbonyl (C=O) groups excluding carboxylic acids is 1. The van der Waals surface area contributed by atoms with Crippen LogP contribution in [0, 0.1) is 0 Å². The van der Waals surface area contributed by atoms with Gasteiger partial charge in [-0.2, -0.15) is 0 Å². The summed E-state index contributed by atoms with van der Waals surface area (Å²) in [5, 5.41) is 3.80. The van der Waals surface area contributed by atoms with Crippen molar-refractivity contribution in [1.82, 2.24) is 9.55 Å². The van der Waals surface area contributed by atoms with E-state index in [1.807, 2.05) is 41.1 Å². The van der Waals surface area contributed by atoms with Crippen molar-refractivity contribution >= 4 is 44.5 Å². The van der Waals surface area contributed by atoms with Crippen LogP contribution in [0.4, 0.5) is 5.69 Å². The molecule has 4 aromatic rings. The molecule has 1 aromatic carbocycles. The molecule has 0 N–H and O–H groups in total. The summed E-state index contributed by atoms with van der Waals surface area (Å²) in [6.07, 6.45) is 1.43. The molecule has 0 atom stereocenters. The van der Waals surface area contributed by atoms with Crippen LogP contribution in [0.25, 0.3) is 10.2 Å². The Kier molecular flexibility index (Phi) is 4.97. The quantitative estimate of drug-likeness (QED) is 0.476. The van der Waals surface area contributed by atoms with E-state index in [-0.39, 0.29) is 18.0 Å². The molecule has 0 radical (unpaired) electrons. The second-order valence-corrected chi connectivity index (χ2v) is 8.65. The Bertz CT molecular complexity index is 1260. The van der Waals surface area contributed by atoms with Gasteiger partial charge in [-0.25, -0.2) is 4.98 Å². The molecule has 0 fully saturated rings. The number of amides is 1. The second kappa shape index (κ2) is 7.92. The number of hydrogen-bond acceptors (Lipinski definition) is 7. The minimum atomic E-state index is -0.208. The van der Waals surface area contributed by atoms with Crippen molar-refractivity contribution in [3.8, 4) is 11.5 Å². The summed E-state index contributed by atoms with van der Waals surface area (Å²) in [7, 11) is 0. The summed E-state index contributed by atoms with van der Waals surface area (Å²) in [6, 6.07) is 11.2. The lowest BCUT2D eigenvalue weighted by atomic mass is 10.2. The third-order valence-corrected chi connectivity index (χ3v) is 6.53. The van der Waals surface area contributed by atoms with Crippen LogP contribution in [0.3, 0.4) is 0 Å². The summed E-state index contributed by atoms with van der Waals surface area (Å²) in [4.78, 5) is 33.0. The van der Waals surface area contributed by atoms with E-state index in [2.05, 4.69) is 4.98 Å². The van der Waals surface area contributed by atoms with Crippen LogP contribution in [0.1, 0.15) is 4.88 Å². The van der Waals surface area contributed by atoms with E-state index < -0.39 is 0 Å². The highest BCUT2D eigenvalue weighted by atomic mass is 32.1. The number of ether oxygens (including phenoxy) is 2. The standard InChI is InChI=1S/C21H17N3O4S2/c25-19(12-23-13-22-16-5-9-30-20(16)21(23)26)24(11-15-2-1-8-29-15)14-3-4-17-18(10-14)28-7-6-27-17/h1-5,8-10,13H,6-7,11-12H2. The number of carbonyl (C=O) groups is 1. The third-order valence-electron chi connectivity index (χ3n) is 4.77. The molecule has 5 rings (SSSR count). The number of aromatic nitrogens is 2. The van der Waals surface area contributed by atoms with Gasteiger partial charge in [0, 0.05) is 16.6 Å². The molecule has 0 unspecified atom stereocenters. The number of thiophene rings is 2. The van der Waals surface area contributed by atoms with E-state index >= 15 is 0 Å². The molecule has 7 nitrogen and oxygen atoms in total. The van der Waals surface area contributed by atoms with E-state index in [0.29, 0.717) is 47.2 Å². The molecule has 0 bridgehead atoms. The molecule has 0 saturated heterocycles. The predicted octanol–water partition coefficient (Wildman–Crippen LogP) is 3.52. The molecule has 9 heteroatoms. The highest BCUT2D eigenvalue weighted by Crippen LogP contribution is 2.34. The van der Waals surface area contributed by atoms with Gasteiger partial charge in [-0.1, -0.05) is 6.07 Å². The molecule has 1 aliphatic rings. The second-order valence-electron chi connectivity index (χ2n) is 6.70. The summed E-state index contributed by atoms with van der Waals surface area (Å²) >= 11 is 2.91. The summed E-state index contributed by atoms with van der Waals surface area (Å²) in [6.45, 7) is 1.28. The summed E-state index contributed by atoms with van der Waals surface area (Å²) < 4.78 is 13.2. The normalized spacial score (nSPS) is 12.8. The lowest BCUT2D eigenvalue weighted by Gasteiger charge is -2.25. The molecule has 1 aliphatic heterocycles. The average molecular weight is 440 g/mol. The Labute approximate surface area is 179 Å². The zero-order valence-corrected chi connectivity index (χ0v) is 17.4. The van der Waals surface area contributed by atoms with E-state index in [1.165, 1.54) is 22.2 Å². The highest BCUT2D eigenvalue weighted by molar-refractivity contribution is 7.17. The topological polar surface area (TPSA) is 73.7 Å². The minimum Gasteiger partial charge on any atom is -0.486 e. The van der Waals surface area contributed by atoms with Gasteiger partial charge in [0.1, 0.15) is 24.5 Å². The van der Waals surface area contributed by atoms with Gasteiger partial charge >= 0.3 is 0 Å². The lowest BCUT2D eigenvalue weighted by molar-refractivity contribution is -0.119. The van der Waals surface area contributed by atoms with E-state index in [0.717, 1.165) is 4.88 Å². The van der Waals surface area contributed by atoms with Gasteiger partial charge in [-0.05, 0) is 35.0 Å². The van der Waals surface area contributed by atoms with Crippen molar-refractivity contribution in [2.45, 2.75) is 13.1 Å². The Morgan fingerprint density at radius 2 is 1.97 bits per heavy atom. The Hall–Kier alpha value is -3.17. The molecule has 30 heavy (non-hydrogen) atoms. The average Bonchev–Trinajstić information content (AvgIpc) is 3.46. The van der Waals surface area contributed by atoms with Crippen molar-refractivity contribution in [2.75, 3.05) is 18.1 Å². The van der Waals surface area contributed by atoms with Crippen LogP contribution in [0.15, 0.2) is 58.3 Å². The van der Waals surface area contributed by atoms with Crippen LogP contribution < -0.4 is 19.9 Å². The Balaban J connectivity index is 1.48. The van der Waals surface area contributed by atoms with Gasteiger partial charge in [-0.15, -0.1) is 22.7 Å². The number of nitrogens with zero attached hydrogens (tertiary/aromatic N) is 3. The lowest BCUT2D eigenvalue weighted by Crippen LogP contribution is -2.36. The third kappa shape index (κ3) is 3.57. The maximum absolute atomic E-state index is 13.3. The molecular weight excluding hydrogens is 422 g/mol. The van der Waals surface area contributed by atoms with Crippen molar-refractivity contribution in [3.63, 3.8) is 0 Å². The minimum absolute atomic E-state index is 0.0977. The zero-order chi connectivity index (χ0) is 20.5. The van der Waals surface area contributed by atoms with Crippen molar-refractivity contribution < 1.29 is 14.3 Å². The first-order valence-electron chi connectivity index (χ1n) is 9.34. The van der Waals surface area contributed by atoms with Gasteiger partial charge in [0.15, 0.2) is 11.5 Å². The fourth-order valence-corrected chi connectivity index (χ4v) is 4.79. The highest BCUT2D eigenvalue weighted by Gasteiger charge is 2.21. The number of hydrogen-bond donors (Lipinski definition) is 0. The Morgan fingerprint density at radius 1 is 1.10 bits per heavy atom. The molecule has 4 heterocycles. The van der Waals surface area contributed by atoms with Crippen LogP contribution >= 0.6 is 22.7 Å². The fraction of sp³-hybridized carbons (Fsp3) is 0.190. The fourth-order valence-electron chi connectivity index (χ4n) is 3.30. The molecule has 0 aliphatic carbocycles. The number of fused-ring (bicyclic) bond motifs is 2. The molecule has 0 spiro atoms. The molecular formula is C21H17N3O4S2. The van der Waals surface area contributed by atoms with Gasteiger partial charge in [-0.3, -0.25) is 14.2 Å². The number of benzene rings is 1. The molecule has 152 valence electrons. The van der Waals surface area contributed by atoms with Gasteiger partial charge < -0.3 is 14.4 Å². The van der Waals surface area contributed by atoms with Gasteiger partial charge in [0.05, 0.1) is 18.4 Å². The first-order chi connectivity index (χ1) is 14.7. The monoisotopic (exact) mass is 439 g/mol. The van der Waals surface area contributed by atoms with Crippen molar-refractivity contribution in [1.29, 1.82) is 0 Å². The van der Waals surface area contributed by atoms with Crippen LogP contribution in [0.5, 0.6) is 11.5 Å². The van der Waals surface area contributed by atoms with Crippen LogP contribution in [0.2, 0.25) is 0 Å². The SMILES string of the molecule is O=C(Cn1cnc2ccsc2c1=O)N(Cc1cccs1)c1ccc2c(c1)OCCO2. The van der Waals surface area contributed by atoms with E-state index in [9.17, 15) is 9.59 Å². The Morgan fingerprint density at radius 3 is 2.80 bits per heavy atom. The van der Waals surface area contributed by atoms with Gasteiger partial charge in [0.25, 0.3) is 5.56 Å². The molecule has 1 amide bonds. The first kappa shape index (κ1) is 18.8. The van der Waals surface area contributed by atoms with E-state index in [1.54, 1.807) is 22.3 Å².